The summed E-state index contributed by atoms with van der Waals surface area (Å²) in [5.74, 6) is 0. The number of hydrogen-bond donors (Lipinski definition) is 1. The van der Waals surface area contributed by atoms with Crippen LogP contribution >= 0.6 is 0 Å². The Morgan fingerprint density at radius 2 is 1.86 bits per heavy atom. The molecular formula is C19H28N2. The van der Waals surface area contributed by atoms with Gasteiger partial charge in [0.1, 0.15) is 0 Å². The normalized spacial score (nSPS) is 29.2. The van der Waals surface area contributed by atoms with E-state index in [1.807, 2.05) is 0 Å². The molecule has 2 fully saturated rings. The van der Waals surface area contributed by atoms with Crippen molar-refractivity contribution in [1.82, 2.24) is 10.2 Å². The van der Waals surface area contributed by atoms with Crippen LogP contribution in [0.25, 0.3) is 0 Å². The number of piperazine rings is 1. The van der Waals surface area contributed by atoms with Gasteiger partial charge in [0.15, 0.2) is 0 Å². The van der Waals surface area contributed by atoms with Crippen molar-refractivity contribution in [1.29, 1.82) is 0 Å². The predicted octanol–water partition coefficient (Wildman–Crippen LogP) is 3.15. The third-order valence-electron chi connectivity index (χ3n) is 6.14. The van der Waals surface area contributed by atoms with Gasteiger partial charge < -0.3 is 5.32 Å². The number of fused-ring (bicyclic) bond motifs is 1. The zero-order valence-corrected chi connectivity index (χ0v) is 13.1. The lowest BCUT2D eigenvalue weighted by Crippen LogP contribution is -2.65. The van der Waals surface area contributed by atoms with Crippen LogP contribution in [0.5, 0.6) is 0 Å². The lowest BCUT2D eigenvalue weighted by Gasteiger charge is -2.54. The monoisotopic (exact) mass is 284 g/mol. The molecule has 1 atom stereocenters. The van der Waals surface area contributed by atoms with Crippen molar-refractivity contribution in [3.8, 4) is 0 Å². The number of rotatable bonds is 1. The van der Waals surface area contributed by atoms with Gasteiger partial charge in [-0.2, -0.15) is 0 Å². The summed E-state index contributed by atoms with van der Waals surface area (Å²) in [6.07, 6.45) is 11.1. The van der Waals surface area contributed by atoms with Crippen molar-refractivity contribution in [2.45, 2.75) is 62.9 Å². The van der Waals surface area contributed by atoms with Gasteiger partial charge in [0.2, 0.25) is 0 Å². The molecule has 1 saturated heterocycles. The molecule has 21 heavy (non-hydrogen) atoms. The maximum Gasteiger partial charge on any atom is 0.0337 e. The van der Waals surface area contributed by atoms with E-state index in [9.17, 15) is 0 Å². The fourth-order valence-corrected chi connectivity index (χ4v) is 5.05. The van der Waals surface area contributed by atoms with Crippen molar-refractivity contribution in [2.24, 2.45) is 0 Å². The topological polar surface area (TPSA) is 15.3 Å². The Balaban J connectivity index is 1.57. The SMILES string of the molecule is c1ccc2c(c1)CCC(N1CCNCC13CCCCC3)C2. The average molecular weight is 284 g/mol. The first-order chi connectivity index (χ1) is 10.4. The summed E-state index contributed by atoms with van der Waals surface area (Å²) in [6.45, 7) is 3.66. The second-order valence-electron chi connectivity index (χ2n) is 7.32. The van der Waals surface area contributed by atoms with E-state index in [4.69, 9.17) is 0 Å². The van der Waals surface area contributed by atoms with E-state index in [0.29, 0.717) is 5.54 Å². The van der Waals surface area contributed by atoms with Gasteiger partial charge in [0.05, 0.1) is 0 Å². The molecule has 1 spiro atoms. The molecule has 2 aliphatic carbocycles. The van der Waals surface area contributed by atoms with Gasteiger partial charge in [-0.15, -0.1) is 0 Å². The van der Waals surface area contributed by atoms with Gasteiger partial charge in [-0.1, -0.05) is 43.5 Å². The summed E-state index contributed by atoms with van der Waals surface area (Å²) < 4.78 is 0. The number of aryl methyl sites for hydroxylation is 1. The summed E-state index contributed by atoms with van der Waals surface area (Å²) >= 11 is 0. The highest BCUT2D eigenvalue weighted by Crippen LogP contribution is 2.38. The Morgan fingerprint density at radius 3 is 2.71 bits per heavy atom. The van der Waals surface area contributed by atoms with Crippen LogP contribution in [0, 0.1) is 0 Å². The first kappa shape index (κ1) is 13.8. The van der Waals surface area contributed by atoms with Crippen LogP contribution in [0.1, 0.15) is 49.7 Å². The fraction of sp³-hybridized carbons (Fsp3) is 0.684. The van der Waals surface area contributed by atoms with E-state index < -0.39 is 0 Å². The molecule has 1 aromatic carbocycles. The van der Waals surface area contributed by atoms with E-state index in [1.54, 1.807) is 11.1 Å². The van der Waals surface area contributed by atoms with E-state index >= 15 is 0 Å². The quantitative estimate of drug-likeness (QED) is 0.852. The van der Waals surface area contributed by atoms with Gasteiger partial charge in [0.25, 0.3) is 0 Å². The van der Waals surface area contributed by atoms with Crippen LogP contribution in [0.4, 0.5) is 0 Å². The minimum absolute atomic E-state index is 0.480. The zero-order chi connectivity index (χ0) is 14.1. The summed E-state index contributed by atoms with van der Waals surface area (Å²) in [5.41, 5.74) is 3.69. The maximum atomic E-state index is 3.69. The molecule has 2 nitrogen and oxygen atoms in total. The molecule has 114 valence electrons. The van der Waals surface area contributed by atoms with Crippen molar-refractivity contribution < 1.29 is 0 Å². The van der Waals surface area contributed by atoms with Crippen LogP contribution < -0.4 is 5.32 Å². The highest BCUT2D eigenvalue weighted by molar-refractivity contribution is 5.30. The molecule has 1 saturated carbocycles. The van der Waals surface area contributed by atoms with Crippen LogP contribution in [0.3, 0.4) is 0 Å². The molecule has 4 rings (SSSR count). The van der Waals surface area contributed by atoms with Gasteiger partial charge in [-0.05, 0) is 43.2 Å². The summed E-state index contributed by atoms with van der Waals surface area (Å²) in [5, 5.41) is 3.69. The van der Waals surface area contributed by atoms with Gasteiger partial charge >= 0.3 is 0 Å². The number of benzene rings is 1. The van der Waals surface area contributed by atoms with Gasteiger partial charge in [-0.3, -0.25) is 4.90 Å². The molecule has 1 N–H and O–H groups in total. The summed E-state index contributed by atoms with van der Waals surface area (Å²) in [6, 6.07) is 9.89. The molecule has 0 radical (unpaired) electrons. The first-order valence-electron chi connectivity index (χ1n) is 8.92. The van der Waals surface area contributed by atoms with Crippen molar-refractivity contribution in [2.75, 3.05) is 19.6 Å². The molecule has 3 aliphatic rings. The van der Waals surface area contributed by atoms with Crippen LogP contribution in [0.2, 0.25) is 0 Å². The van der Waals surface area contributed by atoms with E-state index in [0.717, 1.165) is 6.04 Å². The predicted molar refractivity (Wildman–Crippen MR) is 87.6 cm³/mol. The highest BCUT2D eigenvalue weighted by Gasteiger charge is 2.43. The van der Waals surface area contributed by atoms with Gasteiger partial charge in [-0.25, -0.2) is 0 Å². The summed E-state index contributed by atoms with van der Waals surface area (Å²) in [7, 11) is 0. The Morgan fingerprint density at radius 1 is 1.05 bits per heavy atom. The Bertz CT molecular complexity index is 482. The Kier molecular flexibility index (Phi) is 3.76. The number of nitrogens with one attached hydrogen (secondary N) is 1. The highest BCUT2D eigenvalue weighted by atomic mass is 15.3. The second-order valence-corrected chi connectivity index (χ2v) is 7.32. The molecule has 1 aromatic rings. The maximum absolute atomic E-state index is 3.69. The lowest BCUT2D eigenvalue weighted by atomic mass is 9.76. The number of nitrogens with zero attached hydrogens (tertiary/aromatic N) is 1. The third kappa shape index (κ3) is 2.53. The Labute approximate surface area is 128 Å². The first-order valence-corrected chi connectivity index (χ1v) is 8.92. The molecule has 0 bridgehead atoms. The van der Waals surface area contributed by atoms with E-state index in [1.165, 1.54) is 71.0 Å². The van der Waals surface area contributed by atoms with E-state index in [2.05, 4.69) is 34.5 Å². The average Bonchev–Trinajstić information content (AvgIpc) is 2.56. The standard InChI is InChI=1S/C19H28N2/c1-4-10-19(11-5-1)15-20-12-13-21(19)18-9-8-16-6-2-3-7-17(16)14-18/h2-3,6-7,18,20H,1,4-5,8-15H2. The van der Waals surface area contributed by atoms with Crippen LogP contribution in [-0.4, -0.2) is 36.1 Å². The molecule has 2 heteroatoms. The van der Waals surface area contributed by atoms with Crippen LogP contribution in [0.15, 0.2) is 24.3 Å². The molecule has 1 heterocycles. The minimum Gasteiger partial charge on any atom is -0.314 e. The fourth-order valence-electron chi connectivity index (χ4n) is 5.05. The molecule has 0 aromatic heterocycles. The van der Waals surface area contributed by atoms with Gasteiger partial charge in [0, 0.05) is 31.2 Å². The van der Waals surface area contributed by atoms with Crippen molar-refractivity contribution >= 4 is 0 Å². The lowest BCUT2D eigenvalue weighted by molar-refractivity contribution is -0.0115. The number of hydrogen-bond acceptors (Lipinski definition) is 2. The van der Waals surface area contributed by atoms with Crippen molar-refractivity contribution in [3.63, 3.8) is 0 Å². The summed E-state index contributed by atoms with van der Waals surface area (Å²) in [4.78, 5) is 2.93. The minimum atomic E-state index is 0.480. The largest absolute Gasteiger partial charge is 0.314 e. The van der Waals surface area contributed by atoms with E-state index in [-0.39, 0.29) is 0 Å². The molecule has 0 amide bonds. The molecular weight excluding hydrogens is 256 g/mol. The smallest absolute Gasteiger partial charge is 0.0337 e. The molecule has 1 unspecified atom stereocenters. The third-order valence-corrected chi connectivity index (χ3v) is 6.14. The zero-order valence-electron chi connectivity index (χ0n) is 13.1. The second kappa shape index (κ2) is 5.73. The van der Waals surface area contributed by atoms with Crippen molar-refractivity contribution in [3.05, 3.63) is 35.4 Å². The molecule has 1 aliphatic heterocycles. The Hall–Kier alpha value is -0.860. The van der Waals surface area contributed by atoms with Crippen LogP contribution in [-0.2, 0) is 12.8 Å².